The van der Waals surface area contributed by atoms with Gasteiger partial charge in [-0.05, 0) is 71.6 Å². The van der Waals surface area contributed by atoms with Gasteiger partial charge < -0.3 is 13.9 Å². The highest BCUT2D eigenvalue weighted by Crippen LogP contribution is 2.48. The Morgan fingerprint density at radius 1 is 0.411 bits per heavy atom. The molecule has 262 valence electrons. The zero-order valence-corrected chi connectivity index (χ0v) is 31.0. The number of hydrogen-bond donors (Lipinski definition) is 0. The molecule has 0 atom stereocenters. The molecular weight excluding hydrogens is 701 g/mol. The fraction of sp³-hybridized carbons (Fsp3) is 0. The second kappa shape index (κ2) is 12.2. The van der Waals surface area contributed by atoms with Gasteiger partial charge in [-0.2, -0.15) is 0 Å². The third kappa shape index (κ3) is 4.63. The minimum Gasteiger partial charge on any atom is -0.456 e. The molecule has 0 N–H and O–H groups in total. The van der Waals surface area contributed by atoms with Crippen LogP contribution in [-0.2, 0) is 0 Å². The van der Waals surface area contributed by atoms with Crippen LogP contribution in [0.1, 0.15) is 0 Å². The van der Waals surface area contributed by atoms with Gasteiger partial charge in [0.1, 0.15) is 11.2 Å². The zero-order chi connectivity index (χ0) is 36.7. The summed E-state index contributed by atoms with van der Waals surface area (Å²) in [5, 5.41) is 9.64. The number of para-hydroxylation sites is 2. The lowest BCUT2D eigenvalue weighted by Crippen LogP contribution is -2.09. The quantitative estimate of drug-likeness (QED) is 0.176. The third-order valence-corrected chi connectivity index (χ3v) is 12.5. The highest BCUT2D eigenvalue weighted by Gasteiger charge is 2.25. The Morgan fingerprint density at radius 3 is 1.96 bits per heavy atom. The Hall–Kier alpha value is -7.14. The van der Waals surface area contributed by atoms with E-state index in [0.717, 1.165) is 61.3 Å². The van der Waals surface area contributed by atoms with E-state index >= 15 is 0 Å². The van der Waals surface area contributed by atoms with E-state index in [1.807, 2.05) is 11.3 Å². The lowest BCUT2D eigenvalue weighted by atomic mass is 9.94. The Morgan fingerprint density at radius 2 is 1.09 bits per heavy atom. The van der Waals surface area contributed by atoms with E-state index in [4.69, 9.17) is 4.42 Å². The van der Waals surface area contributed by atoms with Crippen molar-refractivity contribution < 1.29 is 4.42 Å². The van der Waals surface area contributed by atoms with Crippen LogP contribution in [0.4, 0.5) is 17.1 Å². The van der Waals surface area contributed by atoms with Crippen LogP contribution >= 0.6 is 11.3 Å². The van der Waals surface area contributed by atoms with E-state index in [2.05, 4.69) is 204 Å². The van der Waals surface area contributed by atoms with Crippen LogP contribution in [0.5, 0.6) is 0 Å². The second-order valence-corrected chi connectivity index (χ2v) is 15.6. The average Bonchev–Trinajstić information content (AvgIpc) is 3.92. The van der Waals surface area contributed by atoms with Crippen molar-refractivity contribution >= 4 is 103 Å². The Labute approximate surface area is 326 Å². The molecule has 0 aliphatic heterocycles. The maximum atomic E-state index is 6.71. The molecule has 3 aromatic heterocycles. The molecule has 0 radical (unpaired) electrons. The third-order valence-electron chi connectivity index (χ3n) is 11.3. The molecule has 0 fully saturated rings. The molecule has 0 saturated heterocycles. The van der Waals surface area contributed by atoms with Crippen molar-refractivity contribution in [1.82, 2.24) is 4.57 Å². The van der Waals surface area contributed by atoms with E-state index in [-0.39, 0.29) is 0 Å². The van der Waals surface area contributed by atoms with Crippen LogP contribution < -0.4 is 4.90 Å². The number of rotatable bonds is 5. The Bertz CT molecular complexity index is 3480. The van der Waals surface area contributed by atoms with Gasteiger partial charge >= 0.3 is 0 Å². The molecule has 56 heavy (non-hydrogen) atoms. The SMILES string of the molecule is c1ccc(-c2c3c(cc4c2c2cc(N(c5ccccc5)c5ccc6c(c5)sc5ccccc56)ccc2n4-c2cccc4ccccc24)oc2ccccc23)cc1. The summed E-state index contributed by atoms with van der Waals surface area (Å²) < 4.78 is 11.7. The van der Waals surface area contributed by atoms with Crippen molar-refractivity contribution in [3.8, 4) is 16.8 Å². The van der Waals surface area contributed by atoms with Gasteiger partial charge in [-0.15, -0.1) is 11.3 Å². The van der Waals surface area contributed by atoms with Gasteiger partial charge in [0, 0.05) is 75.8 Å². The van der Waals surface area contributed by atoms with Crippen molar-refractivity contribution in [3.63, 3.8) is 0 Å². The lowest BCUT2D eigenvalue weighted by Gasteiger charge is -2.26. The van der Waals surface area contributed by atoms with Crippen molar-refractivity contribution in [1.29, 1.82) is 0 Å². The minimum atomic E-state index is 0.879. The highest BCUT2D eigenvalue weighted by molar-refractivity contribution is 7.25. The van der Waals surface area contributed by atoms with Gasteiger partial charge in [0.15, 0.2) is 0 Å². The number of nitrogens with zero attached hydrogens (tertiary/aromatic N) is 2. The van der Waals surface area contributed by atoms with Crippen LogP contribution in [0, 0.1) is 0 Å². The smallest absolute Gasteiger partial charge is 0.138 e. The molecule has 4 heteroatoms. The molecule has 3 heterocycles. The maximum Gasteiger partial charge on any atom is 0.138 e. The highest BCUT2D eigenvalue weighted by atomic mass is 32.1. The van der Waals surface area contributed by atoms with Crippen molar-refractivity contribution in [2.45, 2.75) is 0 Å². The molecular formula is C52H32N2OS. The predicted molar refractivity (Wildman–Crippen MR) is 239 cm³/mol. The van der Waals surface area contributed by atoms with Gasteiger partial charge in [0.05, 0.1) is 16.7 Å². The van der Waals surface area contributed by atoms with Gasteiger partial charge in [-0.25, -0.2) is 0 Å². The molecule has 0 amide bonds. The summed E-state index contributed by atoms with van der Waals surface area (Å²) in [5.41, 5.74) is 10.8. The Balaban J connectivity index is 1.22. The molecule has 3 nitrogen and oxygen atoms in total. The number of hydrogen-bond acceptors (Lipinski definition) is 3. The molecule has 0 saturated carbocycles. The molecule has 0 aliphatic rings. The Kier molecular flexibility index (Phi) is 6.80. The molecule has 0 spiro atoms. The first-order valence-corrected chi connectivity index (χ1v) is 19.8. The summed E-state index contributed by atoms with van der Waals surface area (Å²) in [6.07, 6.45) is 0. The summed E-state index contributed by atoms with van der Waals surface area (Å²) in [6, 6.07) is 70.2. The topological polar surface area (TPSA) is 21.3 Å². The lowest BCUT2D eigenvalue weighted by molar-refractivity contribution is 0.669. The summed E-state index contributed by atoms with van der Waals surface area (Å²) in [6.45, 7) is 0. The van der Waals surface area contributed by atoms with Crippen LogP contribution in [0.25, 0.3) is 91.5 Å². The van der Waals surface area contributed by atoms with Gasteiger partial charge in [-0.1, -0.05) is 127 Å². The molecule has 12 aromatic rings. The first kappa shape index (κ1) is 31.2. The van der Waals surface area contributed by atoms with Gasteiger partial charge in [0.2, 0.25) is 0 Å². The minimum absolute atomic E-state index is 0.879. The van der Waals surface area contributed by atoms with E-state index in [9.17, 15) is 0 Å². The molecule has 9 aromatic carbocycles. The average molecular weight is 733 g/mol. The number of furan rings is 1. The zero-order valence-electron chi connectivity index (χ0n) is 30.2. The summed E-state index contributed by atoms with van der Waals surface area (Å²) in [4.78, 5) is 2.40. The van der Waals surface area contributed by atoms with E-state index in [1.165, 1.54) is 47.3 Å². The largest absolute Gasteiger partial charge is 0.456 e. The molecule has 0 bridgehead atoms. The van der Waals surface area contributed by atoms with E-state index < -0.39 is 0 Å². The molecule has 0 aliphatic carbocycles. The van der Waals surface area contributed by atoms with Crippen molar-refractivity contribution in [2.24, 2.45) is 0 Å². The van der Waals surface area contributed by atoms with Crippen LogP contribution in [-0.4, -0.2) is 4.57 Å². The first-order valence-electron chi connectivity index (χ1n) is 19.0. The summed E-state index contributed by atoms with van der Waals surface area (Å²) in [5.74, 6) is 0. The molecule has 0 unspecified atom stereocenters. The van der Waals surface area contributed by atoms with Gasteiger partial charge in [0.25, 0.3) is 0 Å². The fourth-order valence-corrected chi connectivity index (χ4v) is 10.1. The van der Waals surface area contributed by atoms with Crippen molar-refractivity contribution in [3.05, 3.63) is 194 Å². The summed E-state index contributed by atoms with van der Waals surface area (Å²) >= 11 is 1.85. The van der Waals surface area contributed by atoms with Crippen LogP contribution in [0.2, 0.25) is 0 Å². The predicted octanol–water partition coefficient (Wildman–Crippen LogP) is 15.3. The normalized spacial score (nSPS) is 11.9. The number of aromatic nitrogens is 1. The number of anilines is 3. The second-order valence-electron chi connectivity index (χ2n) is 14.5. The maximum absolute atomic E-state index is 6.71. The van der Waals surface area contributed by atoms with Crippen LogP contribution in [0.3, 0.4) is 0 Å². The number of benzene rings is 9. The van der Waals surface area contributed by atoms with Crippen molar-refractivity contribution in [2.75, 3.05) is 4.90 Å². The van der Waals surface area contributed by atoms with E-state index in [1.54, 1.807) is 0 Å². The van der Waals surface area contributed by atoms with Gasteiger partial charge in [-0.3, -0.25) is 0 Å². The summed E-state index contributed by atoms with van der Waals surface area (Å²) in [7, 11) is 0. The molecule has 12 rings (SSSR count). The number of fused-ring (bicyclic) bond motifs is 10. The standard InChI is InChI=1S/C52H32N2OS/c1-3-15-34(16-4-1)50-51-42-30-36(53(35-18-5-2-6-19-35)37-26-28-40-39-21-10-12-25-48(39)56-49(40)31-37)27-29-44(42)54(43-23-13-17-33-14-7-8-20-38(33)43)45(51)32-47-52(50)41-22-9-11-24-46(41)55-47/h1-32H. The van der Waals surface area contributed by atoms with Crippen LogP contribution in [0.15, 0.2) is 199 Å². The monoisotopic (exact) mass is 732 g/mol. The fourth-order valence-electron chi connectivity index (χ4n) is 8.94. The first-order chi connectivity index (χ1) is 27.8. The van der Waals surface area contributed by atoms with E-state index in [0.29, 0.717) is 0 Å². The number of thiophene rings is 1.